The highest BCUT2D eigenvalue weighted by atomic mass is 32.2. The Balaban J connectivity index is 1.51. The van der Waals surface area contributed by atoms with Gasteiger partial charge in [-0.15, -0.1) is 0 Å². The molecule has 1 aliphatic rings. The van der Waals surface area contributed by atoms with Crippen molar-refractivity contribution in [3.8, 4) is 11.3 Å². The quantitative estimate of drug-likeness (QED) is 0.502. The van der Waals surface area contributed by atoms with Crippen LogP contribution in [0.1, 0.15) is 11.1 Å². The zero-order chi connectivity index (χ0) is 24.3. The topological polar surface area (TPSA) is 87.4 Å². The van der Waals surface area contributed by atoms with Gasteiger partial charge in [-0.1, -0.05) is 30.3 Å². The van der Waals surface area contributed by atoms with Crippen molar-refractivity contribution in [3.05, 3.63) is 65.7 Å². The lowest BCUT2D eigenvalue weighted by molar-refractivity contribution is -0.137. The van der Waals surface area contributed by atoms with Crippen LogP contribution < -0.4 is 15.4 Å². The van der Waals surface area contributed by atoms with E-state index in [4.69, 9.17) is 5.73 Å². The van der Waals surface area contributed by atoms with Gasteiger partial charge in [-0.3, -0.25) is 0 Å². The Kier molecular flexibility index (Phi) is 6.82. The number of piperazine rings is 1. The minimum absolute atomic E-state index is 0.120. The van der Waals surface area contributed by atoms with Crippen LogP contribution in [0.25, 0.3) is 11.3 Å². The molecule has 3 heterocycles. The summed E-state index contributed by atoms with van der Waals surface area (Å²) in [7, 11) is 0. The standard InChI is InChI=1S/C23H23F3N6OS/c1-15-5-2-3-6-16(15)21-17(23(24,25)26)9-10-18(28-21)30-34-20-8-4-7-19(29-20)31-11-13-32(14-12-31)22(27)33/h2-10H,11-14H2,1H3,(H2,27,33)(H,28,30). The summed E-state index contributed by atoms with van der Waals surface area (Å²) in [6, 6.07) is 14.3. The Hall–Kier alpha value is -3.47. The fraction of sp³-hybridized carbons (Fsp3) is 0.261. The summed E-state index contributed by atoms with van der Waals surface area (Å²) >= 11 is 1.16. The first-order valence-electron chi connectivity index (χ1n) is 10.6. The molecule has 0 spiro atoms. The summed E-state index contributed by atoms with van der Waals surface area (Å²) < 4.78 is 43.9. The first-order valence-corrected chi connectivity index (χ1v) is 11.4. The molecule has 34 heavy (non-hydrogen) atoms. The SMILES string of the molecule is Cc1ccccc1-c1nc(NSc2cccc(N3CCN(C(N)=O)CC3)n2)ccc1C(F)(F)F. The van der Waals surface area contributed by atoms with E-state index in [0.29, 0.717) is 48.1 Å². The van der Waals surface area contributed by atoms with Gasteiger partial charge in [0.2, 0.25) is 0 Å². The van der Waals surface area contributed by atoms with Gasteiger partial charge in [0.25, 0.3) is 0 Å². The van der Waals surface area contributed by atoms with Crippen LogP contribution in [-0.2, 0) is 6.18 Å². The van der Waals surface area contributed by atoms with Gasteiger partial charge < -0.3 is 20.3 Å². The third-order valence-electron chi connectivity index (χ3n) is 5.49. The number of urea groups is 1. The van der Waals surface area contributed by atoms with E-state index in [-0.39, 0.29) is 5.69 Å². The molecule has 1 aromatic carbocycles. The van der Waals surface area contributed by atoms with Crippen LogP contribution in [-0.4, -0.2) is 47.1 Å². The normalized spacial score (nSPS) is 14.2. The van der Waals surface area contributed by atoms with E-state index in [1.807, 2.05) is 12.1 Å². The van der Waals surface area contributed by atoms with Gasteiger partial charge in [0.1, 0.15) is 16.7 Å². The Morgan fingerprint density at radius 3 is 2.41 bits per heavy atom. The van der Waals surface area contributed by atoms with Gasteiger partial charge >= 0.3 is 12.2 Å². The molecule has 1 fully saturated rings. The monoisotopic (exact) mass is 488 g/mol. The predicted molar refractivity (Wildman–Crippen MR) is 126 cm³/mol. The van der Waals surface area contributed by atoms with Crippen molar-refractivity contribution in [2.45, 2.75) is 18.1 Å². The number of benzene rings is 1. The second-order valence-electron chi connectivity index (χ2n) is 7.76. The fourth-order valence-corrected chi connectivity index (χ4v) is 4.29. The van der Waals surface area contributed by atoms with Crippen LogP contribution in [0.2, 0.25) is 0 Å². The average molecular weight is 489 g/mol. The van der Waals surface area contributed by atoms with E-state index < -0.39 is 17.8 Å². The molecule has 0 atom stereocenters. The molecular formula is C23H23F3N6OS. The maximum atomic E-state index is 13.6. The number of aryl methyl sites for hydroxylation is 1. The molecule has 0 radical (unpaired) electrons. The first kappa shape index (κ1) is 23.7. The second kappa shape index (κ2) is 9.80. The molecule has 2 amide bonds. The zero-order valence-electron chi connectivity index (χ0n) is 18.3. The summed E-state index contributed by atoms with van der Waals surface area (Å²) in [5.41, 5.74) is 5.56. The van der Waals surface area contributed by atoms with Crippen LogP contribution >= 0.6 is 11.9 Å². The minimum atomic E-state index is -4.52. The Morgan fingerprint density at radius 2 is 1.74 bits per heavy atom. The molecule has 2 aromatic heterocycles. The van der Waals surface area contributed by atoms with E-state index in [1.165, 1.54) is 6.07 Å². The maximum Gasteiger partial charge on any atom is 0.418 e. The number of nitrogens with zero attached hydrogens (tertiary/aromatic N) is 4. The lowest BCUT2D eigenvalue weighted by atomic mass is 10.0. The predicted octanol–water partition coefficient (Wildman–Crippen LogP) is 4.79. The maximum absolute atomic E-state index is 13.6. The van der Waals surface area contributed by atoms with E-state index in [2.05, 4.69) is 19.6 Å². The molecule has 11 heteroatoms. The molecule has 0 aliphatic carbocycles. The van der Waals surface area contributed by atoms with Crippen LogP contribution in [0.3, 0.4) is 0 Å². The molecule has 1 aliphatic heterocycles. The molecule has 0 bridgehead atoms. The van der Waals surface area contributed by atoms with Crippen molar-refractivity contribution in [2.24, 2.45) is 5.73 Å². The van der Waals surface area contributed by atoms with Gasteiger partial charge in [0, 0.05) is 43.7 Å². The highest BCUT2D eigenvalue weighted by Crippen LogP contribution is 2.38. The minimum Gasteiger partial charge on any atom is -0.353 e. The average Bonchev–Trinajstić information content (AvgIpc) is 2.82. The highest BCUT2D eigenvalue weighted by molar-refractivity contribution is 8.00. The van der Waals surface area contributed by atoms with Crippen LogP contribution in [0, 0.1) is 6.92 Å². The number of halogens is 3. The summed E-state index contributed by atoms with van der Waals surface area (Å²) in [4.78, 5) is 23.8. The van der Waals surface area contributed by atoms with Gasteiger partial charge in [0.15, 0.2) is 0 Å². The van der Waals surface area contributed by atoms with Crippen LogP contribution in [0.5, 0.6) is 0 Å². The van der Waals surface area contributed by atoms with Crippen molar-refractivity contribution in [2.75, 3.05) is 35.8 Å². The molecule has 3 N–H and O–H groups in total. The largest absolute Gasteiger partial charge is 0.418 e. The molecule has 0 unspecified atom stereocenters. The van der Waals surface area contributed by atoms with E-state index in [1.54, 1.807) is 42.2 Å². The van der Waals surface area contributed by atoms with Crippen molar-refractivity contribution < 1.29 is 18.0 Å². The van der Waals surface area contributed by atoms with E-state index in [9.17, 15) is 18.0 Å². The number of rotatable bonds is 5. The molecule has 4 rings (SSSR count). The molecule has 0 saturated carbocycles. The number of nitrogens with two attached hydrogens (primary N) is 1. The Bertz CT molecular complexity index is 1180. The van der Waals surface area contributed by atoms with Gasteiger partial charge in [-0.05, 0) is 36.8 Å². The fourth-order valence-electron chi connectivity index (χ4n) is 3.69. The van der Waals surface area contributed by atoms with Crippen molar-refractivity contribution >= 4 is 29.6 Å². The van der Waals surface area contributed by atoms with E-state index >= 15 is 0 Å². The summed E-state index contributed by atoms with van der Waals surface area (Å²) in [5.74, 6) is 1.04. The number of primary amides is 1. The number of pyridine rings is 2. The second-order valence-corrected chi connectivity index (χ2v) is 8.58. The van der Waals surface area contributed by atoms with Gasteiger partial charge in [-0.25, -0.2) is 14.8 Å². The number of amides is 2. The lowest BCUT2D eigenvalue weighted by Crippen LogP contribution is -2.50. The van der Waals surface area contributed by atoms with Crippen molar-refractivity contribution in [3.63, 3.8) is 0 Å². The smallest absolute Gasteiger partial charge is 0.353 e. The Morgan fingerprint density at radius 1 is 1.00 bits per heavy atom. The first-order chi connectivity index (χ1) is 16.2. The van der Waals surface area contributed by atoms with Crippen LogP contribution in [0.4, 0.5) is 29.6 Å². The summed E-state index contributed by atoms with van der Waals surface area (Å²) in [6.45, 7) is 4.01. The number of anilines is 2. The molecule has 7 nitrogen and oxygen atoms in total. The highest BCUT2D eigenvalue weighted by Gasteiger charge is 2.35. The molecular weight excluding hydrogens is 465 g/mol. The lowest BCUT2D eigenvalue weighted by Gasteiger charge is -2.34. The third-order valence-corrected chi connectivity index (χ3v) is 6.23. The number of carbonyl (C=O) groups excluding carboxylic acids is 1. The Labute approximate surface area is 199 Å². The molecule has 178 valence electrons. The number of nitrogens with one attached hydrogen (secondary N) is 1. The number of carbonyl (C=O) groups is 1. The summed E-state index contributed by atoms with van der Waals surface area (Å²) in [6.07, 6.45) is -4.52. The molecule has 1 saturated heterocycles. The number of aromatic nitrogens is 2. The van der Waals surface area contributed by atoms with E-state index in [0.717, 1.165) is 23.8 Å². The summed E-state index contributed by atoms with van der Waals surface area (Å²) in [5, 5.41) is 0.633. The number of hydrogen-bond donors (Lipinski definition) is 2. The van der Waals surface area contributed by atoms with Crippen molar-refractivity contribution in [1.82, 2.24) is 14.9 Å². The molecule has 3 aromatic rings. The van der Waals surface area contributed by atoms with Gasteiger partial charge in [-0.2, -0.15) is 13.2 Å². The van der Waals surface area contributed by atoms with Crippen LogP contribution in [0.15, 0.2) is 59.6 Å². The van der Waals surface area contributed by atoms with Gasteiger partial charge in [0.05, 0.1) is 11.3 Å². The number of hydrogen-bond acceptors (Lipinski definition) is 6. The zero-order valence-corrected chi connectivity index (χ0v) is 19.2. The third kappa shape index (κ3) is 5.36. The van der Waals surface area contributed by atoms with Crippen molar-refractivity contribution in [1.29, 1.82) is 0 Å². The number of alkyl halides is 3.